The van der Waals surface area contributed by atoms with Crippen LogP contribution in [0.15, 0.2) is 85.1 Å². The van der Waals surface area contributed by atoms with Crippen LogP contribution < -0.4 is 0 Å². The first-order valence-electron chi connectivity index (χ1n) is 26.6. The second-order valence-electron chi connectivity index (χ2n) is 17.5. The van der Waals surface area contributed by atoms with Gasteiger partial charge in [0.15, 0.2) is 6.10 Å². The van der Waals surface area contributed by atoms with Crippen molar-refractivity contribution in [3.63, 3.8) is 0 Å². The van der Waals surface area contributed by atoms with E-state index in [0.29, 0.717) is 19.3 Å². The van der Waals surface area contributed by atoms with Gasteiger partial charge in [0.1, 0.15) is 13.2 Å². The Bertz CT molecular complexity index is 1250. The summed E-state index contributed by atoms with van der Waals surface area (Å²) < 4.78 is 16.8. The topological polar surface area (TPSA) is 78.9 Å². The van der Waals surface area contributed by atoms with Gasteiger partial charge in [-0.15, -0.1) is 0 Å². The molecule has 0 aliphatic rings. The number of rotatable bonds is 47. The van der Waals surface area contributed by atoms with Crippen molar-refractivity contribution in [2.45, 2.75) is 252 Å². The van der Waals surface area contributed by atoms with Crippen molar-refractivity contribution < 1.29 is 28.6 Å². The highest BCUT2D eigenvalue weighted by Gasteiger charge is 2.19. The second kappa shape index (κ2) is 52.2. The SMILES string of the molecule is CC\C=C/C=C\C=C/C=C\CCCCCCCC(=O)OC(COC(=O)CCCC/C=C\C/C=C\C/C=C\CC)COC(=O)CCCCCCCCCCCCCCCCCCCCC. The zero-order chi connectivity index (χ0) is 46.5. The molecule has 0 saturated carbocycles. The van der Waals surface area contributed by atoms with Crippen LogP contribution in [0, 0.1) is 0 Å². The average Bonchev–Trinajstić information content (AvgIpc) is 3.29. The minimum Gasteiger partial charge on any atom is -0.462 e. The summed E-state index contributed by atoms with van der Waals surface area (Å²) in [6.07, 6.45) is 67.2. The van der Waals surface area contributed by atoms with Crippen LogP contribution in [0.4, 0.5) is 0 Å². The van der Waals surface area contributed by atoms with Crippen molar-refractivity contribution in [2.75, 3.05) is 13.2 Å². The van der Waals surface area contributed by atoms with Crippen molar-refractivity contribution in [3.8, 4) is 0 Å². The normalized spacial score (nSPS) is 12.7. The summed E-state index contributed by atoms with van der Waals surface area (Å²) in [6.45, 7) is 6.34. The fraction of sp³-hybridized carbons (Fsp3) is 0.707. The molecule has 0 N–H and O–H groups in total. The van der Waals surface area contributed by atoms with E-state index in [1.807, 2.05) is 18.2 Å². The van der Waals surface area contributed by atoms with Crippen LogP contribution in [0.25, 0.3) is 0 Å². The number of carbonyl (C=O) groups excluding carboxylic acids is 3. The Kier molecular flexibility index (Phi) is 49.4. The van der Waals surface area contributed by atoms with Gasteiger partial charge in [0.05, 0.1) is 0 Å². The predicted octanol–water partition coefficient (Wildman–Crippen LogP) is 17.6. The van der Waals surface area contributed by atoms with Gasteiger partial charge in [0, 0.05) is 19.3 Å². The Morgan fingerprint density at radius 3 is 1.17 bits per heavy atom. The zero-order valence-corrected chi connectivity index (χ0v) is 41.8. The van der Waals surface area contributed by atoms with Crippen molar-refractivity contribution in [1.29, 1.82) is 0 Å². The molecule has 0 bridgehead atoms. The third-order valence-electron chi connectivity index (χ3n) is 11.2. The van der Waals surface area contributed by atoms with Crippen LogP contribution in [0.1, 0.15) is 245 Å². The molecule has 0 aliphatic carbocycles. The molecule has 0 amide bonds. The lowest BCUT2D eigenvalue weighted by molar-refractivity contribution is -0.167. The Morgan fingerprint density at radius 2 is 0.688 bits per heavy atom. The van der Waals surface area contributed by atoms with E-state index in [4.69, 9.17) is 14.2 Å². The van der Waals surface area contributed by atoms with E-state index in [-0.39, 0.29) is 31.1 Å². The minimum atomic E-state index is -0.803. The van der Waals surface area contributed by atoms with Gasteiger partial charge < -0.3 is 14.2 Å². The summed E-state index contributed by atoms with van der Waals surface area (Å²) in [7, 11) is 0. The molecule has 0 aromatic rings. The Morgan fingerprint density at radius 1 is 0.344 bits per heavy atom. The Balaban J connectivity index is 4.40. The highest BCUT2D eigenvalue weighted by atomic mass is 16.6. The Hall–Kier alpha value is -3.41. The molecule has 0 aromatic carbocycles. The average molecular weight is 891 g/mol. The quantitative estimate of drug-likeness (QED) is 0.0199. The molecule has 0 aliphatic heterocycles. The fourth-order valence-corrected chi connectivity index (χ4v) is 7.29. The number of esters is 3. The predicted molar refractivity (Wildman–Crippen MR) is 274 cm³/mol. The smallest absolute Gasteiger partial charge is 0.306 e. The molecule has 6 heteroatoms. The van der Waals surface area contributed by atoms with Crippen molar-refractivity contribution in [1.82, 2.24) is 0 Å². The van der Waals surface area contributed by atoms with Gasteiger partial charge in [0.2, 0.25) is 0 Å². The molecule has 0 fully saturated rings. The number of carbonyl (C=O) groups is 3. The van der Waals surface area contributed by atoms with E-state index < -0.39 is 6.10 Å². The summed E-state index contributed by atoms with van der Waals surface area (Å²) in [6, 6.07) is 0. The number of unbranched alkanes of at least 4 members (excludes halogenated alkanes) is 25. The first kappa shape index (κ1) is 60.6. The number of allylic oxidation sites excluding steroid dienone is 14. The second-order valence-corrected chi connectivity index (χ2v) is 17.5. The van der Waals surface area contributed by atoms with Gasteiger partial charge in [-0.2, -0.15) is 0 Å². The summed E-state index contributed by atoms with van der Waals surface area (Å²) in [5.41, 5.74) is 0. The van der Waals surface area contributed by atoms with E-state index in [1.165, 1.54) is 103 Å². The van der Waals surface area contributed by atoms with Crippen LogP contribution in [0.3, 0.4) is 0 Å². The molecule has 1 unspecified atom stereocenters. The van der Waals surface area contributed by atoms with E-state index >= 15 is 0 Å². The van der Waals surface area contributed by atoms with Crippen molar-refractivity contribution in [2.24, 2.45) is 0 Å². The summed E-state index contributed by atoms with van der Waals surface area (Å²) in [5, 5.41) is 0. The van der Waals surface area contributed by atoms with E-state index in [1.54, 1.807) is 0 Å². The lowest BCUT2D eigenvalue weighted by atomic mass is 10.0. The van der Waals surface area contributed by atoms with Gasteiger partial charge >= 0.3 is 17.9 Å². The van der Waals surface area contributed by atoms with Crippen LogP contribution in [0.2, 0.25) is 0 Å². The van der Waals surface area contributed by atoms with Crippen LogP contribution in [0.5, 0.6) is 0 Å². The van der Waals surface area contributed by atoms with Crippen LogP contribution >= 0.6 is 0 Å². The third-order valence-corrected chi connectivity index (χ3v) is 11.2. The summed E-state index contributed by atoms with van der Waals surface area (Å²) in [5.74, 6) is -0.960. The molecule has 0 radical (unpaired) electrons. The van der Waals surface area contributed by atoms with Crippen molar-refractivity contribution >= 4 is 17.9 Å². The molecule has 0 aromatic heterocycles. The lowest BCUT2D eigenvalue weighted by Crippen LogP contribution is -2.30. The molecule has 64 heavy (non-hydrogen) atoms. The molecule has 0 rings (SSSR count). The summed E-state index contributed by atoms with van der Waals surface area (Å²) >= 11 is 0. The maximum Gasteiger partial charge on any atom is 0.306 e. The standard InChI is InChI=1S/C58H98O6/c1-4-7-10-13-16-19-22-25-27-28-29-30-32-33-36-39-42-45-48-51-57(60)63-54-55(53-62-56(59)50-47-44-41-38-35-24-21-18-15-12-9-6-3)64-58(61)52-49-46-43-40-37-34-31-26-23-20-17-14-11-8-5-2/h8-9,11-12,14,17-18,20-21,23,26,31,35,38,55H,4-7,10,13,15-16,19,22,24-25,27-30,32-34,36-37,39-54H2,1-3H3/b11-8-,12-9-,17-14-,21-18-,23-20-,31-26-,38-35-. The number of hydrogen-bond donors (Lipinski definition) is 0. The molecule has 366 valence electrons. The molecular formula is C58H98O6. The molecule has 0 saturated heterocycles. The van der Waals surface area contributed by atoms with E-state index in [9.17, 15) is 14.4 Å². The van der Waals surface area contributed by atoms with Gasteiger partial charge in [0.25, 0.3) is 0 Å². The Labute approximate surface area is 395 Å². The molecule has 6 nitrogen and oxygen atoms in total. The monoisotopic (exact) mass is 891 g/mol. The van der Waals surface area contributed by atoms with Crippen LogP contribution in [-0.4, -0.2) is 37.2 Å². The fourth-order valence-electron chi connectivity index (χ4n) is 7.29. The van der Waals surface area contributed by atoms with Gasteiger partial charge in [-0.25, -0.2) is 0 Å². The van der Waals surface area contributed by atoms with E-state index in [0.717, 1.165) is 103 Å². The molecular weight excluding hydrogens is 793 g/mol. The van der Waals surface area contributed by atoms with Gasteiger partial charge in [-0.3, -0.25) is 14.4 Å². The van der Waals surface area contributed by atoms with Crippen LogP contribution in [-0.2, 0) is 28.6 Å². The first-order valence-corrected chi connectivity index (χ1v) is 26.6. The molecule has 1 atom stereocenters. The molecule has 0 heterocycles. The summed E-state index contributed by atoms with van der Waals surface area (Å²) in [4.78, 5) is 38.0. The number of ether oxygens (including phenoxy) is 3. The highest BCUT2D eigenvalue weighted by molar-refractivity contribution is 5.71. The minimum absolute atomic E-state index is 0.0972. The highest BCUT2D eigenvalue weighted by Crippen LogP contribution is 2.16. The largest absolute Gasteiger partial charge is 0.462 e. The first-order chi connectivity index (χ1) is 31.5. The van der Waals surface area contributed by atoms with E-state index in [2.05, 4.69) is 87.6 Å². The maximum absolute atomic E-state index is 12.8. The lowest BCUT2D eigenvalue weighted by Gasteiger charge is -2.18. The van der Waals surface area contributed by atoms with Gasteiger partial charge in [-0.1, -0.05) is 241 Å². The van der Waals surface area contributed by atoms with Gasteiger partial charge in [-0.05, 0) is 70.6 Å². The zero-order valence-electron chi connectivity index (χ0n) is 41.8. The number of hydrogen-bond acceptors (Lipinski definition) is 6. The third kappa shape index (κ3) is 49.6. The van der Waals surface area contributed by atoms with Crippen molar-refractivity contribution in [3.05, 3.63) is 85.1 Å². The maximum atomic E-state index is 12.8. The molecule has 0 spiro atoms.